The van der Waals surface area contributed by atoms with Gasteiger partial charge in [0.1, 0.15) is 11.9 Å². The van der Waals surface area contributed by atoms with E-state index in [2.05, 4.69) is 20.6 Å². The molecule has 2 aromatic heterocycles. The summed E-state index contributed by atoms with van der Waals surface area (Å²) >= 11 is 0. The molecule has 0 radical (unpaired) electrons. The Labute approximate surface area is 184 Å². The maximum Gasteiger partial charge on any atom is 0.255 e. The maximum absolute atomic E-state index is 14.3. The predicted octanol–water partition coefficient (Wildman–Crippen LogP) is 3.42. The van der Waals surface area contributed by atoms with Gasteiger partial charge in [-0.1, -0.05) is 6.07 Å². The molecule has 166 valence electrons. The highest BCUT2D eigenvalue weighted by Crippen LogP contribution is 2.43. The van der Waals surface area contributed by atoms with Crippen LogP contribution in [0.4, 0.5) is 15.8 Å². The first-order chi connectivity index (χ1) is 15.6. The number of fused-ring (bicyclic) bond motifs is 1. The standard InChI is InChI=1S/C23H23FN4O4/c1-30-16-10-17(16)32-18-11-25-8-6-12(18)20-21(19-14(27-20)7-9-26-23(19)29)28-15-5-3-4-13(24)22(15)31-2/h3-6,8,11,16-17,27-28H,7,9-10H2,1-2H3,(H,26,29)/t16-,17+/m0/s1. The number of pyridine rings is 1. The van der Waals surface area contributed by atoms with Crippen LogP contribution >= 0.6 is 0 Å². The second-order valence-corrected chi connectivity index (χ2v) is 7.72. The Bertz CT molecular complexity index is 1180. The molecule has 0 saturated heterocycles. The minimum Gasteiger partial charge on any atom is -0.492 e. The van der Waals surface area contributed by atoms with Crippen molar-refractivity contribution in [2.75, 3.05) is 26.1 Å². The quantitative estimate of drug-likeness (QED) is 0.523. The van der Waals surface area contributed by atoms with Gasteiger partial charge in [-0.2, -0.15) is 0 Å². The molecule has 1 fully saturated rings. The number of aromatic amines is 1. The largest absolute Gasteiger partial charge is 0.492 e. The van der Waals surface area contributed by atoms with Gasteiger partial charge in [0.05, 0.1) is 42.0 Å². The monoisotopic (exact) mass is 438 g/mol. The normalized spacial score (nSPS) is 19.2. The molecule has 3 aromatic rings. The summed E-state index contributed by atoms with van der Waals surface area (Å²) in [6.07, 6.45) is 4.77. The van der Waals surface area contributed by atoms with Gasteiger partial charge in [-0.15, -0.1) is 0 Å². The summed E-state index contributed by atoms with van der Waals surface area (Å²) in [7, 11) is 3.06. The minimum absolute atomic E-state index is 0.0458. The molecule has 2 aliphatic rings. The third kappa shape index (κ3) is 3.54. The second-order valence-electron chi connectivity index (χ2n) is 7.72. The number of nitrogens with one attached hydrogen (secondary N) is 3. The van der Waals surface area contributed by atoms with Crippen molar-refractivity contribution < 1.29 is 23.4 Å². The van der Waals surface area contributed by atoms with Crippen LogP contribution in [0.5, 0.6) is 11.5 Å². The van der Waals surface area contributed by atoms with Crippen molar-refractivity contribution in [1.29, 1.82) is 0 Å². The summed E-state index contributed by atoms with van der Waals surface area (Å²) < 4.78 is 31.0. The Morgan fingerprint density at radius 3 is 2.88 bits per heavy atom. The number of carbonyl (C=O) groups is 1. The number of amides is 1. The summed E-state index contributed by atoms with van der Waals surface area (Å²) in [5, 5.41) is 6.10. The fourth-order valence-corrected chi connectivity index (χ4v) is 4.02. The molecule has 2 atom stereocenters. The third-order valence-electron chi connectivity index (χ3n) is 5.71. The number of nitrogens with zero attached hydrogens (tertiary/aromatic N) is 1. The lowest BCUT2D eigenvalue weighted by atomic mass is 10.0. The number of methoxy groups -OCH3 is 2. The molecule has 1 aliphatic carbocycles. The molecule has 3 N–H and O–H groups in total. The van der Waals surface area contributed by atoms with Gasteiger partial charge in [-0.3, -0.25) is 9.78 Å². The molecule has 1 saturated carbocycles. The van der Waals surface area contributed by atoms with Gasteiger partial charge in [0.15, 0.2) is 11.6 Å². The Kier molecular flexibility index (Phi) is 5.18. The van der Waals surface area contributed by atoms with Gasteiger partial charge in [-0.05, 0) is 18.2 Å². The van der Waals surface area contributed by atoms with Crippen LogP contribution in [0.25, 0.3) is 11.3 Å². The van der Waals surface area contributed by atoms with Gasteiger partial charge in [0.25, 0.3) is 5.91 Å². The van der Waals surface area contributed by atoms with Crippen LogP contribution in [-0.4, -0.2) is 48.8 Å². The van der Waals surface area contributed by atoms with E-state index in [-0.39, 0.29) is 23.9 Å². The molecule has 9 heteroatoms. The summed E-state index contributed by atoms with van der Waals surface area (Å²) in [5.74, 6) is -0.0630. The van der Waals surface area contributed by atoms with Crippen molar-refractivity contribution in [2.45, 2.75) is 25.0 Å². The Morgan fingerprint density at radius 2 is 2.09 bits per heavy atom. The van der Waals surface area contributed by atoms with E-state index in [0.29, 0.717) is 41.3 Å². The minimum atomic E-state index is -0.500. The lowest BCUT2D eigenvalue weighted by Gasteiger charge is -2.17. The highest BCUT2D eigenvalue weighted by molar-refractivity contribution is 6.06. The van der Waals surface area contributed by atoms with E-state index in [9.17, 15) is 9.18 Å². The number of hydrogen-bond acceptors (Lipinski definition) is 6. The summed E-state index contributed by atoms with van der Waals surface area (Å²) in [4.78, 5) is 20.4. The molecule has 0 bridgehead atoms. The molecule has 5 rings (SSSR count). The zero-order valence-corrected chi connectivity index (χ0v) is 17.7. The number of halogens is 1. The highest BCUT2D eigenvalue weighted by atomic mass is 19.1. The Morgan fingerprint density at radius 1 is 1.22 bits per heavy atom. The van der Waals surface area contributed by atoms with Crippen molar-refractivity contribution in [1.82, 2.24) is 15.3 Å². The first-order valence-corrected chi connectivity index (χ1v) is 10.4. The number of benzene rings is 1. The number of para-hydroxylation sites is 1. The van der Waals surface area contributed by atoms with Gasteiger partial charge in [-0.25, -0.2) is 4.39 Å². The number of H-pyrrole nitrogens is 1. The Balaban J connectivity index is 1.62. The van der Waals surface area contributed by atoms with Gasteiger partial charge < -0.3 is 29.8 Å². The van der Waals surface area contributed by atoms with Crippen LogP contribution in [-0.2, 0) is 11.2 Å². The fourth-order valence-electron chi connectivity index (χ4n) is 4.02. The van der Waals surface area contributed by atoms with Crippen LogP contribution in [0.2, 0.25) is 0 Å². The van der Waals surface area contributed by atoms with Crippen molar-refractivity contribution in [3.8, 4) is 22.8 Å². The number of ether oxygens (including phenoxy) is 3. The van der Waals surface area contributed by atoms with E-state index in [1.54, 1.807) is 31.6 Å². The third-order valence-corrected chi connectivity index (χ3v) is 5.71. The summed E-state index contributed by atoms with van der Waals surface area (Å²) in [5.41, 5.74) is 3.61. The summed E-state index contributed by atoms with van der Waals surface area (Å²) in [6, 6.07) is 6.42. The smallest absolute Gasteiger partial charge is 0.255 e. The molecule has 1 amide bonds. The topological polar surface area (TPSA) is 97.5 Å². The zero-order chi connectivity index (χ0) is 22.2. The van der Waals surface area contributed by atoms with Crippen molar-refractivity contribution in [3.63, 3.8) is 0 Å². The molecule has 8 nitrogen and oxygen atoms in total. The first-order valence-electron chi connectivity index (χ1n) is 10.4. The molecule has 0 spiro atoms. The molecule has 1 aliphatic heterocycles. The summed E-state index contributed by atoms with van der Waals surface area (Å²) in [6.45, 7) is 0.534. The van der Waals surface area contributed by atoms with Crippen molar-refractivity contribution in [2.24, 2.45) is 0 Å². The molecular weight excluding hydrogens is 415 g/mol. The average Bonchev–Trinajstić information content (AvgIpc) is 3.45. The lowest BCUT2D eigenvalue weighted by molar-refractivity contribution is 0.0947. The fraction of sp³-hybridized carbons (Fsp3) is 0.304. The maximum atomic E-state index is 14.3. The van der Waals surface area contributed by atoms with E-state index in [0.717, 1.165) is 17.7 Å². The van der Waals surface area contributed by atoms with Crippen LogP contribution < -0.4 is 20.1 Å². The molecule has 0 unspecified atom stereocenters. The molecule has 32 heavy (non-hydrogen) atoms. The average molecular weight is 438 g/mol. The SMILES string of the molecule is COc1c(F)cccc1Nc1c(-c2ccncc2O[C@@H]2C[C@@H]2OC)[nH]c2c1C(=O)NCC2. The predicted molar refractivity (Wildman–Crippen MR) is 116 cm³/mol. The highest BCUT2D eigenvalue weighted by Gasteiger charge is 2.40. The second kappa shape index (κ2) is 8.16. The molecular formula is C23H23FN4O4. The van der Waals surface area contributed by atoms with E-state index >= 15 is 0 Å². The number of carbonyl (C=O) groups excluding carboxylic acids is 1. The zero-order valence-electron chi connectivity index (χ0n) is 17.7. The van der Waals surface area contributed by atoms with Gasteiger partial charge >= 0.3 is 0 Å². The van der Waals surface area contributed by atoms with Crippen LogP contribution in [0, 0.1) is 5.82 Å². The van der Waals surface area contributed by atoms with Crippen molar-refractivity contribution in [3.05, 3.63) is 53.7 Å². The van der Waals surface area contributed by atoms with E-state index in [4.69, 9.17) is 14.2 Å². The van der Waals surface area contributed by atoms with E-state index < -0.39 is 5.82 Å². The number of rotatable bonds is 7. The molecule has 1 aromatic carbocycles. The van der Waals surface area contributed by atoms with Crippen LogP contribution in [0.3, 0.4) is 0 Å². The van der Waals surface area contributed by atoms with Crippen LogP contribution in [0.15, 0.2) is 36.7 Å². The first kappa shape index (κ1) is 20.3. The lowest BCUT2D eigenvalue weighted by Crippen LogP contribution is -2.31. The van der Waals surface area contributed by atoms with Gasteiger partial charge in [0.2, 0.25) is 0 Å². The number of aromatic nitrogens is 2. The van der Waals surface area contributed by atoms with E-state index in [1.165, 1.54) is 13.2 Å². The molecule has 3 heterocycles. The van der Waals surface area contributed by atoms with Crippen LogP contribution in [0.1, 0.15) is 22.5 Å². The number of anilines is 2. The number of hydrogen-bond donors (Lipinski definition) is 3. The van der Waals surface area contributed by atoms with Crippen molar-refractivity contribution >= 4 is 17.3 Å². The van der Waals surface area contributed by atoms with Gasteiger partial charge in [0, 0.05) is 44.0 Å². The van der Waals surface area contributed by atoms with E-state index in [1.807, 2.05) is 6.07 Å². The Hall–Kier alpha value is -3.59.